The van der Waals surface area contributed by atoms with Crippen LogP contribution < -0.4 is 10.0 Å². The molecule has 2 N–H and O–H groups in total. The topological polar surface area (TPSA) is 131 Å². The average molecular weight is 446 g/mol. The Labute approximate surface area is 180 Å². The molecule has 0 spiro atoms. The van der Waals surface area contributed by atoms with Crippen molar-refractivity contribution < 1.29 is 22.7 Å². The van der Waals surface area contributed by atoms with Gasteiger partial charge in [-0.3, -0.25) is 9.59 Å². The lowest BCUT2D eigenvalue weighted by atomic mass is 10.1. The van der Waals surface area contributed by atoms with Gasteiger partial charge in [0.15, 0.2) is 0 Å². The molecule has 11 heteroatoms. The highest BCUT2D eigenvalue weighted by atomic mass is 32.2. The van der Waals surface area contributed by atoms with Crippen LogP contribution in [0.25, 0.3) is 0 Å². The van der Waals surface area contributed by atoms with Gasteiger partial charge >= 0.3 is 0 Å². The normalized spacial score (nSPS) is 19.9. The highest BCUT2D eigenvalue weighted by Crippen LogP contribution is 2.26. The molecule has 10 nitrogen and oxygen atoms in total. The summed E-state index contributed by atoms with van der Waals surface area (Å²) in [6.07, 6.45) is 4.62. The molecule has 3 heterocycles. The maximum atomic E-state index is 12.6. The fourth-order valence-electron chi connectivity index (χ4n) is 3.75. The van der Waals surface area contributed by atoms with Gasteiger partial charge < -0.3 is 15.0 Å². The molecule has 31 heavy (non-hydrogen) atoms. The number of aromatic nitrogens is 2. The highest BCUT2D eigenvalue weighted by molar-refractivity contribution is 7.92. The second-order valence-corrected chi connectivity index (χ2v) is 9.16. The van der Waals surface area contributed by atoms with Crippen molar-refractivity contribution in [1.29, 1.82) is 0 Å². The monoisotopic (exact) mass is 445 g/mol. The zero-order valence-corrected chi connectivity index (χ0v) is 17.5. The van der Waals surface area contributed by atoms with Crippen molar-refractivity contribution in [2.45, 2.75) is 30.2 Å². The number of nitrogens with zero attached hydrogens (tertiary/aromatic N) is 3. The number of hydrogen-bond acceptors (Lipinski definition) is 7. The van der Waals surface area contributed by atoms with Crippen molar-refractivity contribution in [1.82, 2.24) is 14.9 Å². The number of benzene rings is 1. The number of rotatable bonds is 6. The summed E-state index contributed by atoms with van der Waals surface area (Å²) in [5.41, 5.74) is 0.455. The van der Waals surface area contributed by atoms with E-state index in [4.69, 9.17) is 4.74 Å². The fraction of sp³-hybridized carbons (Fsp3) is 0.400. The van der Waals surface area contributed by atoms with Crippen LogP contribution >= 0.6 is 0 Å². The Balaban J connectivity index is 1.36. The minimum absolute atomic E-state index is 0.0114. The molecule has 2 aromatic rings. The Morgan fingerprint density at radius 1 is 1.10 bits per heavy atom. The molecule has 1 aromatic heterocycles. The zero-order valence-electron chi connectivity index (χ0n) is 16.7. The van der Waals surface area contributed by atoms with Crippen LogP contribution in [0.1, 0.15) is 19.3 Å². The first-order chi connectivity index (χ1) is 14.9. The van der Waals surface area contributed by atoms with Crippen molar-refractivity contribution in [2.75, 3.05) is 29.8 Å². The number of carbonyl (C=O) groups is 2. The molecule has 2 aliphatic heterocycles. The molecule has 0 saturated carbocycles. The molecule has 164 valence electrons. The standard InChI is InChI=1S/C20H23N5O5S/c26-18-12-14(13-25(18)16-6-10-30-11-7-16)19(27)23-15-2-4-17(5-3-15)31(28,29)24-20-21-8-1-9-22-20/h1-5,8-9,14,16H,6-7,10-13H2,(H,23,27)(H,21,22,24). The molecular formula is C20H23N5O5S. The van der Waals surface area contributed by atoms with E-state index >= 15 is 0 Å². The Hall–Kier alpha value is -3.05. The number of nitrogens with one attached hydrogen (secondary N) is 2. The van der Waals surface area contributed by atoms with Crippen molar-refractivity contribution in [3.63, 3.8) is 0 Å². The van der Waals surface area contributed by atoms with Gasteiger partial charge in [-0.25, -0.2) is 23.1 Å². The fourth-order valence-corrected chi connectivity index (χ4v) is 4.71. The lowest BCUT2D eigenvalue weighted by Crippen LogP contribution is -2.41. The van der Waals surface area contributed by atoms with E-state index in [0.29, 0.717) is 25.4 Å². The summed E-state index contributed by atoms with van der Waals surface area (Å²) in [6.45, 7) is 1.65. The van der Waals surface area contributed by atoms with E-state index < -0.39 is 15.9 Å². The first-order valence-electron chi connectivity index (χ1n) is 10.0. The Morgan fingerprint density at radius 3 is 2.45 bits per heavy atom. The molecule has 2 aliphatic rings. The predicted molar refractivity (Wildman–Crippen MR) is 112 cm³/mol. The summed E-state index contributed by atoms with van der Waals surface area (Å²) in [4.78, 5) is 34.5. The number of amides is 2. The molecule has 0 radical (unpaired) electrons. The van der Waals surface area contributed by atoms with Crippen molar-refractivity contribution in [3.05, 3.63) is 42.7 Å². The lowest BCUT2D eigenvalue weighted by Gasteiger charge is -2.31. The van der Waals surface area contributed by atoms with E-state index in [1.54, 1.807) is 11.0 Å². The number of carbonyl (C=O) groups excluding carboxylic acids is 2. The summed E-state index contributed by atoms with van der Waals surface area (Å²) >= 11 is 0. The Kier molecular flexibility index (Phi) is 6.14. The number of likely N-dealkylation sites (tertiary alicyclic amines) is 1. The van der Waals surface area contributed by atoms with Crippen molar-refractivity contribution in [3.8, 4) is 0 Å². The van der Waals surface area contributed by atoms with Gasteiger partial charge in [-0.05, 0) is 43.2 Å². The first-order valence-corrected chi connectivity index (χ1v) is 11.5. The molecular weight excluding hydrogens is 422 g/mol. The molecule has 0 bridgehead atoms. The SMILES string of the molecule is O=C(Nc1ccc(S(=O)(=O)Nc2ncccn2)cc1)C1CC(=O)N(C2CCOCC2)C1. The van der Waals surface area contributed by atoms with Gasteiger partial charge in [0.2, 0.25) is 17.8 Å². The Morgan fingerprint density at radius 2 is 1.77 bits per heavy atom. The highest BCUT2D eigenvalue weighted by Gasteiger charge is 2.38. The summed E-state index contributed by atoms with van der Waals surface area (Å²) in [5, 5.41) is 2.77. The van der Waals surface area contributed by atoms with Crippen LogP contribution in [-0.4, -0.2) is 60.9 Å². The van der Waals surface area contributed by atoms with Crippen LogP contribution in [-0.2, 0) is 24.3 Å². The maximum absolute atomic E-state index is 12.6. The van der Waals surface area contributed by atoms with Crippen LogP contribution in [0, 0.1) is 5.92 Å². The molecule has 2 amide bonds. The predicted octanol–water partition coefficient (Wildman–Crippen LogP) is 1.24. The summed E-state index contributed by atoms with van der Waals surface area (Å²) < 4.78 is 32.5. The van der Waals surface area contributed by atoms with Crippen molar-refractivity contribution >= 4 is 33.5 Å². The van der Waals surface area contributed by atoms with Gasteiger partial charge in [0, 0.05) is 50.3 Å². The third-order valence-corrected chi connectivity index (χ3v) is 6.73. The minimum Gasteiger partial charge on any atom is -0.381 e. The van der Waals surface area contributed by atoms with E-state index in [0.717, 1.165) is 12.8 Å². The van der Waals surface area contributed by atoms with Crippen molar-refractivity contribution in [2.24, 2.45) is 5.92 Å². The molecule has 2 fully saturated rings. The molecule has 0 aliphatic carbocycles. The van der Waals surface area contributed by atoms with E-state index in [-0.39, 0.29) is 35.1 Å². The third-order valence-electron chi connectivity index (χ3n) is 5.38. The minimum atomic E-state index is -3.85. The van der Waals surface area contributed by atoms with Gasteiger partial charge in [-0.1, -0.05) is 0 Å². The van der Waals surface area contributed by atoms with Crippen LogP contribution in [0.4, 0.5) is 11.6 Å². The second kappa shape index (κ2) is 8.98. The molecule has 1 aromatic carbocycles. The van der Waals surface area contributed by atoms with Gasteiger partial charge in [-0.15, -0.1) is 0 Å². The van der Waals surface area contributed by atoms with Gasteiger partial charge in [0.25, 0.3) is 10.0 Å². The maximum Gasteiger partial charge on any atom is 0.264 e. The number of sulfonamides is 1. The lowest BCUT2D eigenvalue weighted by molar-refractivity contribution is -0.131. The molecule has 4 rings (SSSR count). The quantitative estimate of drug-likeness (QED) is 0.684. The van der Waals surface area contributed by atoms with Gasteiger partial charge in [-0.2, -0.15) is 0 Å². The number of ether oxygens (including phenoxy) is 1. The summed E-state index contributed by atoms with van der Waals surface area (Å²) in [5.74, 6) is -0.729. The van der Waals surface area contributed by atoms with E-state index in [2.05, 4.69) is 20.0 Å². The van der Waals surface area contributed by atoms with E-state index in [9.17, 15) is 18.0 Å². The van der Waals surface area contributed by atoms with Gasteiger partial charge in [0.05, 0.1) is 10.8 Å². The smallest absolute Gasteiger partial charge is 0.264 e. The second-order valence-electron chi connectivity index (χ2n) is 7.48. The van der Waals surface area contributed by atoms with Crippen LogP contribution in [0.5, 0.6) is 0 Å². The van der Waals surface area contributed by atoms with E-state index in [1.165, 1.54) is 36.7 Å². The molecule has 1 atom stereocenters. The summed E-state index contributed by atoms with van der Waals surface area (Å²) in [7, 11) is -3.85. The van der Waals surface area contributed by atoms with Crippen LogP contribution in [0.3, 0.4) is 0 Å². The third kappa shape index (κ3) is 5.00. The zero-order chi connectivity index (χ0) is 21.8. The van der Waals surface area contributed by atoms with E-state index in [1.807, 2.05) is 0 Å². The average Bonchev–Trinajstić information content (AvgIpc) is 3.17. The van der Waals surface area contributed by atoms with Crippen LogP contribution in [0.2, 0.25) is 0 Å². The number of hydrogen-bond donors (Lipinski definition) is 2. The van der Waals surface area contributed by atoms with Crippen LogP contribution in [0.15, 0.2) is 47.6 Å². The first kappa shape index (κ1) is 21.2. The Bertz CT molecular complexity index is 1040. The molecule has 2 saturated heterocycles. The summed E-state index contributed by atoms with van der Waals surface area (Å²) in [6, 6.07) is 7.49. The number of anilines is 2. The molecule has 1 unspecified atom stereocenters. The van der Waals surface area contributed by atoms with Gasteiger partial charge in [0.1, 0.15) is 0 Å². The largest absolute Gasteiger partial charge is 0.381 e.